The van der Waals surface area contributed by atoms with E-state index in [1.54, 1.807) is 0 Å². The van der Waals surface area contributed by atoms with Crippen molar-refractivity contribution >= 4 is 17.3 Å². The molecule has 0 amide bonds. The minimum Gasteiger partial charge on any atom is -0.378 e. The summed E-state index contributed by atoms with van der Waals surface area (Å²) < 4.78 is 5.23. The fourth-order valence-corrected chi connectivity index (χ4v) is 1.84. The number of nitrogens with zero attached hydrogens (tertiary/aromatic N) is 4. The molecule has 1 aliphatic rings. The van der Waals surface area contributed by atoms with Gasteiger partial charge < -0.3 is 15.0 Å². The summed E-state index contributed by atoms with van der Waals surface area (Å²) in [7, 11) is 0. The van der Waals surface area contributed by atoms with Gasteiger partial charge in [-0.15, -0.1) is 0 Å². The van der Waals surface area contributed by atoms with Gasteiger partial charge in [-0.3, -0.25) is 10.1 Å². The van der Waals surface area contributed by atoms with Gasteiger partial charge in [0.15, 0.2) is 0 Å². The second-order valence-corrected chi connectivity index (χ2v) is 3.78. The Morgan fingerprint density at radius 2 is 2.22 bits per heavy atom. The van der Waals surface area contributed by atoms with E-state index < -0.39 is 4.92 Å². The minimum absolute atomic E-state index is 0.0683. The van der Waals surface area contributed by atoms with Crippen LogP contribution in [0.4, 0.5) is 17.3 Å². The molecule has 1 aliphatic heterocycles. The third kappa shape index (κ3) is 2.48. The lowest BCUT2D eigenvalue weighted by Crippen LogP contribution is -2.37. The molecule has 0 aromatic carbocycles. The van der Waals surface area contributed by atoms with Crippen LogP contribution in [0.2, 0.25) is 0 Å². The van der Waals surface area contributed by atoms with Gasteiger partial charge >= 0.3 is 5.69 Å². The first-order valence-corrected chi connectivity index (χ1v) is 5.80. The molecule has 8 nitrogen and oxygen atoms in total. The zero-order valence-electron chi connectivity index (χ0n) is 10.1. The Morgan fingerprint density at radius 1 is 1.50 bits per heavy atom. The van der Waals surface area contributed by atoms with Gasteiger partial charge in [0.05, 0.1) is 18.1 Å². The molecule has 0 bridgehead atoms. The van der Waals surface area contributed by atoms with Crippen molar-refractivity contribution in [3.8, 4) is 0 Å². The SMILES string of the molecule is CCNc1ncnc(N2CCOCC2)c1[N+](=O)[O-]. The van der Waals surface area contributed by atoms with Crippen LogP contribution in [0, 0.1) is 10.1 Å². The molecule has 1 aromatic heterocycles. The third-order valence-corrected chi connectivity index (χ3v) is 2.64. The molecule has 1 N–H and O–H groups in total. The van der Waals surface area contributed by atoms with Crippen molar-refractivity contribution in [1.82, 2.24) is 9.97 Å². The van der Waals surface area contributed by atoms with E-state index in [4.69, 9.17) is 4.74 Å². The predicted molar refractivity (Wildman–Crippen MR) is 65.9 cm³/mol. The quantitative estimate of drug-likeness (QED) is 0.622. The van der Waals surface area contributed by atoms with Crippen molar-refractivity contribution in [2.75, 3.05) is 43.1 Å². The average molecular weight is 253 g/mol. The number of rotatable bonds is 4. The molecule has 1 aromatic rings. The lowest BCUT2D eigenvalue weighted by Gasteiger charge is -2.27. The smallest absolute Gasteiger partial charge is 0.353 e. The maximum absolute atomic E-state index is 11.2. The highest BCUT2D eigenvalue weighted by molar-refractivity contribution is 5.70. The lowest BCUT2D eigenvalue weighted by atomic mass is 10.3. The fraction of sp³-hybridized carbons (Fsp3) is 0.600. The number of nitro groups is 1. The van der Waals surface area contributed by atoms with Crippen molar-refractivity contribution in [2.24, 2.45) is 0 Å². The van der Waals surface area contributed by atoms with Gasteiger partial charge in [0.1, 0.15) is 6.33 Å². The number of ether oxygens (including phenoxy) is 1. The molecule has 18 heavy (non-hydrogen) atoms. The Labute approximate surface area is 104 Å². The van der Waals surface area contributed by atoms with Gasteiger partial charge in [-0.1, -0.05) is 0 Å². The van der Waals surface area contributed by atoms with E-state index >= 15 is 0 Å². The van der Waals surface area contributed by atoms with Gasteiger partial charge in [-0.2, -0.15) is 0 Å². The van der Waals surface area contributed by atoms with Crippen molar-refractivity contribution in [3.63, 3.8) is 0 Å². The summed E-state index contributed by atoms with van der Waals surface area (Å²) in [5.74, 6) is 0.619. The Morgan fingerprint density at radius 3 is 2.83 bits per heavy atom. The van der Waals surface area contributed by atoms with Crippen LogP contribution in [0.5, 0.6) is 0 Å². The summed E-state index contributed by atoms with van der Waals surface area (Å²) in [6.07, 6.45) is 1.34. The number of morpholine rings is 1. The molecule has 2 heterocycles. The van der Waals surface area contributed by atoms with Gasteiger partial charge in [0.25, 0.3) is 0 Å². The first kappa shape index (κ1) is 12.5. The summed E-state index contributed by atoms with van der Waals surface area (Å²) in [5, 5.41) is 14.1. The molecule has 8 heteroatoms. The zero-order valence-corrected chi connectivity index (χ0v) is 10.1. The summed E-state index contributed by atoms with van der Waals surface area (Å²) in [4.78, 5) is 20.6. The largest absolute Gasteiger partial charge is 0.378 e. The van der Waals surface area contributed by atoms with Crippen LogP contribution in [0.3, 0.4) is 0 Å². The van der Waals surface area contributed by atoms with Crippen LogP contribution in [-0.4, -0.2) is 47.7 Å². The van der Waals surface area contributed by atoms with E-state index in [-0.39, 0.29) is 11.5 Å². The Balaban J connectivity index is 2.38. The standard InChI is InChI=1S/C10H15N5O3/c1-2-11-9-8(15(16)17)10(13-7-12-9)14-3-5-18-6-4-14/h7H,2-6H2,1H3,(H,11,12,13). The Hall–Kier alpha value is -1.96. The molecule has 0 aliphatic carbocycles. The highest BCUT2D eigenvalue weighted by Gasteiger charge is 2.27. The topological polar surface area (TPSA) is 93.4 Å². The first-order valence-electron chi connectivity index (χ1n) is 5.80. The van der Waals surface area contributed by atoms with Crippen LogP contribution in [0.15, 0.2) is 6.33 Å². The maximum atomic E-state index is 11.2. The van der Waals surface area contributed by atoms with E-state index in [2.05, 4.69) is 15.3 Å². The molecule has 0 radical (unpaired) electrons. The molecule has 0 atom stereocenters. The van der Waals surface area contributed by atoms with E-state index in [0.717, 1.165) is 0 Å². The molecule has 2 rings (SSSR count). The predicted octanol–water partition coefficient (Wildman–Crippen LogP) is 0.653. The third-order valence-electron chi connectivity index (χ3n) is 2.64. The Bertz CT molecular complexity index is 434. The first-order chi connectivity index (χ1) is 8.74. The summed E-state index contributed by atoms with van der Waals surface area (Å²) in [6, 6.07) is 0. The van der Waals surface area contributed by atoms with Crippen LogP contribution >= 0.6 is 0 Å². The summed E-state index contributed by atoms with van der Waals surface area (Å²) in [5.41, 5.74) is -0.0683. The number of hydrogen-bond acceptors (Lipinski definition) is 7. The number of hydrogen-bond donors (Lipinski definition) is 1. The normalized spacial score (nSPS) is 15.5. The van der Waals surface area contributed by atoms with Gasteiger partial charge in [0.2, 0.25) is 11.6 Å². The minimum atomic E-state index is -0.442. The molecule has 0 unspecified atom stereocenters. The molecule has 0 saturated carbocycles. The van der Waals surface area contributed by atoms with Crippen molar-refractivity contribution in [3.05, 3.63) is 16.4 Å². The fourth-order valence-electron chi connectivity index (χ4n) is 1.84. The highest BCUT2D eigenvalue weighted by Crippen LogP contribution is 2.31. The molecule has 1 saturated heterocycles. The molecular formula is C10H15N5O3. The molecular weight excluding hydrogens is 238 g/mol. The van der Waals surface area contributed by atoms with Crippen LogP contribution in [0.1, 0.15) is 6.92 Å². The van der Waals surface area contributed by atoms with Gasteiger partial charge in [-0.25, -0.2) is 9.97 Å². The Kier molecular flexibility index (Phi) is 3.88. The second kappa shape index (κ2) is 5.58. The molecule has 98 valence electrons. The van der Waals surface area contributed by atoms with Crippen molar-refractivity contribution in [1.29, 1.82) is 0 Å². The summed E-state index contributed by atoms with van der Waals surface area (Å²) in [6.45, 7) is 4.74. The van der Waals surface area contributed by atoms with E-state index in [1.807, 2.05) is 11.8 Å². The van der Waals surface area contributed by atoms with E-state index in [0.29, 0.717) is 38.7 Å². The van der Waals surface area contributed by atoms with Crippen molar-refractivity contribution < 1.29 is 9.66 Å². The second-order valence-electron chi connectivity index (χ2n) is 3.78. The van der Waals surface area contributed by atoms with Crippen LogP contribution < -0.4 is 10.2 Å². The summed E-state index contributed by atoms with van der Waals surface area (Å²) >= 11 is 0. The molecule has 1 fully saturated rings. The van der Waals surface area contributed by atoms with E-state index in [9.17, 15) is 10.1 Å². The van der Waals surface area contributed by atoms with Gasteiger partial charge in [-0.05, 0) is 6.92 Å². The van der Waals surface area contributed by atoms with Crippen LogP contribution in [0.25, 0.3) is 0 Å². The maximum Gasteiger partial charge on any atom is 0.353 e. The zero-order chi connectivity index (χ0) is 13.0. The number of aromatic nitrogens is 2. The van der Waals surface area contributed by atoms with Crippen LogP contribution in [-0.2, 0) is 4.74 Å². The van der Waals surface area contributed by atoms with Gasteiger partial charge in [0, 0.05) is 19.6 Å². The number of anilines is 2. The average Bonchev–Trinajstić information content (AvgIpc) is 2.39. The highest BCUT2D eigenvalue weighted by atomic mass is 16.6. The van der Waals surface area contributed by atoms with Crippen molar-refractivity contribution in [2.45, 2.75) is 6.92 Å². The van der Waals surface area contributed by atoms with E-state index in [1.165, 1.54) is 6.33 Å². The lowest BCUT2D eigenvalue weighted by molar-refractivity contribution is -0.383. The molecule has 0 spiro atoms. The number of nitrogens with one attached hydrogen (secondary N) is 1. The monoisotopic (exact) mass is 253 g/mol.